The van der Waals surface area contributed by atoms with Gasteiger partial charge in [-0.15, -0.1) is 11.3 Å². The van der Waals surface area contributed by atoms with Gasteiger partial charge >= 0.3 is 0 Å². The standard InChI is InChI=1S/C15H12N2OS2/c1-10-7-8-12(20-10)9-13-14(18)17(15(19)16-13)11-5-3-2-4-6-11/h2-9H,1H3,(H,16,19). The summed E-state index contributed by atoms with van der Waals surface area (Å²) in [6.07, 6.45) is 1.84. The fraction of sp³-hybridized carbons (Fsp3) is 0.0667. The minimum absolute atomic E-state index is 0.118. The number of nitrogens with one attached hydrogen (secondary N) is 1. The van der Waals surface area contributed by atoms with E-state index in [9.17, 15) is 4.79 Å². The number of carbonyl (C=O) groups excluding carboxylic acids is 1. The summed E-state index contributed by atoms with van der Waals surface area (Å²) in [5, 5.41) is 3.40. The Kier molecular flexibility index (Phi) is 3.38. The minimum Gasteiger partial charge on any atom is -0.327 e. The van der Waals surface area contributed by atoms with E-state index in [0.29, 0.717) is 10.8 Å². The van der Waals surface area contributed by atoms with Crippen molar-refractivity contribution in [3.63, 3.8) is 0 Å². The molecular weight excluding hydrogens is 288 g/mol. The molecule has 0 bridgehead atoms. The SMILES string of the molecule is Cc1ccc(C=C2NC(=S)N(c3ccccc3)C2=O)s1. The molecule has 0 aliphatic carbocycles. The number of carbonyl (C=O) groups is 1. The first kappa shape index (κ1) is 13.0. The monoisotopic (exact) mass is 300 g/mol. The van der Waals surface area contributed by atoms with Crippen LogP contribution in [0.25, 0.3) is 6.08 Å². The second kappa shape index (κ2) is 5.19. The maximum absolute atomic E-state index is 12.4. The fourth-order valence-electron chi connectivity index (χ4n) is 2.02. The van der Waals surface area contributed by atoms with E-state index in [-0.39, 0.29) is 5.91 Å². The number of thiophene rings is 1. The first-order valence-corrected chi connectivity index (χ1v) is 7.36. The van der Waals surface area contributed by atoms with Gasteiger partial charge in [0.2, 0.25) is 0 Å². The van der Waals surface area contributed by atoms with Crippen LogP contribution < -0.4 is 10.2 Å². The number of aryl methyl sites for hydroxylation is 1. The van der Waals surface area contributed by atoms with Crippen LogP contribution in [-0.4, -0.2) is 11.0 Å². The third-order valence-corrected chi connectivity index (χ3v) is 4.17. The predicted octanol–water partition coefficient (Wildman–Crippen LogP) is 3.32. The quantitative estimate of drug-likeness (QED) is 0.682. The topological polar surface area (TPSA) is 32.3 Å². The Labute approximate surface area is 126 Å². The molecule has 1 aliphatic rings. The highest BCUT2D eigenvalue weighted by atomic mass is 32.1. The van der Waals surface area contributed by atoms with Crippen LogP contribution in [0.5, 0.6) is 0 Å². The number of anilines is 1. The van der Waals surface area contributed by atoms with E-state index < -0.39 is 0 Å². The fourth-order valence-corrected chi connectivity index (χ4v) is 3.14. The van der Waals surface area contributed by atoms with Crippen LogP contribution in [0, 0.1) is 6.92 Å². The Morgan fingerprint density at radius 3 is 2.60 bits per heavy atom. The van der Waals surface area contributed by atoms with Crippen molar-refractivity contribution in [3.8, 4) is 0 Å². The van der Waals surface area contributed by atoms with Crippen LogP contribution in [-0.2, 0) is 4.79 Å². The highest BCUT2D eigenvalue weighted by molar-refractivity contribution is 7.80. The van der Waals surface area contributed by atoms with Crippen molar-refractivity contribution in [1.82, 2.24) is 5.32 Å². The van der Waals surface area contributed by atoms with E-state index in [1.807, 2.05) is 55.5 Å². The van der Waals surface area contributed by atoms with Gasteiger partial charge in [0.05, 0.1) is 5.69 Å². The van der Waals surface area contributed by atoms with Crippen molar-refractivity contribution in [2.24, 2.45) is 0 Å². The average molecular weight is 300 g/mol. The van der Waals surface area contributed by atoms with Gasteiger partial charge in [-0.2, -0.15) is 0 Å². The summed E-state index contributed by atoms with van der Waals surface area (Å²) in [5.41, 5.74) is 1.29. The number of para-hydroxylation sites is 1. The van der Waals surface area contributed by atoms with Crippen molar-refractivity contribution < 1.29 is 4.79 Å². The van der Waals surface area contributed by atoms with Crippen molar-refractivity contribution in [1.29, 1.82) is 0 Å². The van der Waals surface area contributed by atoms with E-state index in [1.165, 1.54) is 9.78 Å². The molecule has 20 heavy (non-hydrogen) atoms. The lowest BCUT2D eigenvalue weighted by Crippen LogP contribution is -2.30. The molecule has 2 aromatic rings. The van der Waals surface area contributed by atoms with E-state index in [4.69, 9.17) is 12.2 Å². The maximum Gasteiger partial charge on any atom is 0.281 e. The van der Waals surface area contributed by atoms with Gasteiger partial charge < -0.3 is 5.32 Å². The van der Waals surface area contributed by atoms with Crippen LogP contribution in [0.3, 0.4) is 0 Å². The molecule has 0 atom stereocenters. The third kappa shape index (κ3) is 2.37. The number of hydrogen-bond donors (Lipinski definition) is 1. The molecule has 1 aromatic carbocycles. The zero-order valence-electron chi connectivity index (χ0n) is 10.8. The van der Waals surface area contributed by atoms with Gasteiger partial charge in [0.25, 0.3) is 5.91 Å². The van der Waals surface area contributed by atoms with Crippen LogP contribution >= 0.6 is 23.6 Å². The van der Waals surface area contributed by atoms with Crippen molar-refractivity contribution in [2.75, 3.05) is 4.90 Å². The number of nitrogens with zero attached hydrogens (tertiary/aromatic N) is 1. The molecule has 3 nitrogen and oxygen atoms in total. The summed E-state index contributed by atoms with van der Waals surface area (Å²) in [6, 6.07) is 13.4. The molecule has 1 N–H and O–H groups in total. The normalized spacial score (nSPS) is 16.9. The van der Waals surface area contributed by atoms with Crippen LogP contribution in [0.4, 0.5) is 5.69 Å². The molecule has 5 heteroatoms. The van der Waals surface area contributed by atoms with Gasteiger partial charge in [-0.3, -0.25) is 9.69 Å². The molecule has 0 spiro atoms. The molecule has 1 saturated heterocycles. The molecule has 3 rings (SSSR count). The smallest absolute Gasteiger partial charge is 0.281 e. The molecule has 2 heterocycles. The number of hydrogen-bond acceptors (Lipinski definition) is 3. The molecule has 0 radical (unpaired) electrons. The van der Waals surface area contributed by atoms with E-state index >= 15 is 0 Å². The van der Waals surface area contributed by atoms with Gasteiger partial charge in [-0.25, -0.2) is 0 Å². The highest BCUT2D eigenvalue weighted by Gasteiger charge is 2.31. The minimum atomic E-state index is -0.118. The molecule has 1 amide bonds. The highest BCUT2D eigenvalue weighted by Crippen LogP contribution is 2.24. The molecular formula is C15H12N2OS2. The van der Waals surface area contributed by atoms with Crippen LogP contribution in [0.1, 0.15) is 9.75 Å². The molecule has 0 unspecified atom stereocenters. The maximum atomic E-state index is 12.4. The Morgan fingerprint density at radius 2 is 1.95 bits per heavy atom. The number of benzene rings is 1. The van der Waals surface area contributed by atoms with Gasteiger partial charge in [0.15, 0.2) is 5.11 Å². The Hall–Kier alpha value is -1.98. The molecule has 1 aromatic heterocycles. The van der Waals surface area contributed by atoms with Gasteiger partial charge in [0, 0.05) is 9.75 Å². The van der Waals surface area contributed by atoms with Crippen molar-refractivity contribution in [3.05, 3.63) is 57.9 Å². The zero-order valence-corrected chi connectivity index (χ0v) is 12.4. The lowest BCUT2D eigenvalue weighted by molar-refractivity contribution is -0.113. The number of amides is 1. The third-order valence-electron chi connectivity index (χ3n) is 2.94. The average Bonchev–Trinajstić information content (AvgIpc) is 2.96. The van der Waals surface area contributed by atoms with Crippen LogP contribution in [0.2, 0.25) is 0 Å². The van der Waals surface area contributed by atoms with E-state index in [0.717, 1.165) is 10.6 Å². The van der Waals surface area contributed by atoms with E-state index in [1.54, 1.807) is 11.3 Å². The lowest BCUT2D eigenvalue weighted by Gasteiger charge is -2.13. The Morgan fingerprint density at radius 1 is 1.20 bits per heavy atom. The van der Waals surface area contributed by atoms with Gasteiger partial charge in [0.1, 0.15) is 5.70 Å². The zero-order chi connectivity index (χ0) is 14.1. The molecule has 1 fully saturated rings. The first-order chi connectivity index (χ1) is 9.65. The number of thiocarbonyl (C=S) groups is 1. The van der Waals surface area contributed by atoms with E-state index in [2.05, 4.69) is 5.32 Å². The lowest BCUT2D eigenvalue weighted by atomic mass is 10.3. The Bertz CT molecular complexity index is 704. The summed E-state index contributed by atoms with van der Waals surface area (Å²) in [4.78, 5) is 16.2. The van der Waals surface area contributed by atoms with Crippen LogP contribution in [0.15, 0.2) is 48.2 Å². The summed E-state index contributed by atoms with van der Waals surface area (Å²) in [7, 11) is 0. The second-order valence-electron chi connectivity index (χ2n) is 4.41. The van der Waals surface area contributed by atoms with Gasteiger partial charge in [-0.1, -0.05) is 18.2 Å². The first-order valence-electron chi connectivity index (χ1n) is 6.14. The van der Waals surface area contributed by atoms with Gasteiger partial charge in [-0.05, 0) is 49.5 Å². The number of rotatable bonds is 2. The predicted molar refractivity (Wildman–Crippen MR) is 86.7 cm³/mol. The summed E-state index contributed by atoms with van der Waals surface area (Å²) in [5.74, 6) is -0.118. The largest absolute Gasteiger partial charge is 0.327 e. The summed E-state index contributed by atoms with van der Waals surface area (Å²) >= 11 is 6.90. The van der Waals surface area contributed by atoms with Crippen molar-refractivity contribution >= 4 is 46.3 Å². The molecule has 100 valence electrons. The molecule has 0 saturated carbocycles. The Balaban J connectivity index is 1.93. The molecule has 1 aliphatic heterocycles. The second-order valence-corrected chi connectivity index (χ2v) is 6.12. The summed E-state index contributed by atoms with van der Waals surface area (Å²) < 4.78 is 0. The summed E-state index contributed by atoms with van der Waals surface area (Å²) in [6.45, 7) is 2.04. The van der Waals surface area contributed by atoms with Crippen molar-refractivity contribution in [2.45, 2.75) is 6.92 Å².